The molecule has 1 fully saturated rings. The quantitative estimate of drug-likeness (QED) is 0.901. The van der Waals surface area contributed by atoms with E-state index >= 15 is 0 Å². The molecule has 0 radical (unpaired) electrons. The SMILES string of the molecule is Cc1cccc(C)c1OC1CCN(C(=O)Nc2cccc(C#N)c2)CC1. The summed E-state index contributed by atoms with van der Waals surface area (Å²) in [5.41, 5.74) is 3.46. The average Bonchev–Trinajstić information content (AvgIpc) is 2.65. The number of nitriles is 1. The van der Waals surface area contributed by atoms with Crippen LogP contribution in [-0.2, 0) is 0 Å². The van der Waals surface area contributed by atoms with Crippen LogP contribution >= 0.6 is 0 Å². The Bertz CT molecular complexity index is 813. The molecular formula is C21H23N3O2. The van der Waals surface area contributed by atoms with E-state index < -0.39 is 0 Å². The normalized spacial score (nSPS) is 14.6. The minimum absolute atomic E-state index is 0.126. The number of nitrogens with one attached hydrogen (secondary N) is 1. The Morgan fingerprint density at radius 2 is 1.81 bits per heavy atom. The number of hydrogen-bond donors (Lipinski definition) is 1. The second-order valence-electron chi connectivity index (χ2n) is 6.65. The molecule has 1 heterocycles. The van der Waals surface area contributed by atoms with Gasteiger partial charge in [-0.25, -0.2) is 4.79 Å². The van der Waals surface area contributed by atoms with Crippen LogP contribution < -0.4 is 10.1 Å². The van der Waals surface area contributed by atoms with Gasteiger partial charge in [-0.05, 0) is 43.2 Å². The van der Waals surface area contributed by atoms with Crippen molar-refractivity contribution in [3.8, 4) is 11.8 Å². The number of rotatable bonds is 3. The molecule has 2 aromatic carbocycles. The minimum Gasteiger partial charge on any atom is -0.490 e. The molecule has 5 heteroatoms. The number of hydrogen-bond acceptors (Lipinski definition) is 3. The molecule has 0 bridgehead atoms. The Kier molecular flexibility index (Phi) is 5.43. The van der Waals surface area contributed by atoms with Gasteiger partial charge in [0.15, 0.2) is 0 Å². The number of carbonyl (C=O) groups is 1. The summed E-state index contributed by atoms with van der Waals surface area (Å²) in [6.45, 7) is 5.42. The molecule has 0 spiro atoms. The van der Waals surface area contributed by atoms with Crippen molar-refractivity contribution >= 4 is 11.7 Å². The highest BCUT2D eigenvalue weighted by Crippen LogP contribution is 2.26. The maximum absolute atomic E-state index is 12.4. The lowest BCUT2D eigenvalue weighted by molar-refractivity contribution is 0.114. The molecular weight excluding hydrogens is 326 g/mol. The first-order valence-electron chi connectivity index (χ1n) is 8.86. The minimum atomic E-state index is -0.134. The van der Waals surface area contributed by atoms with E-state index in [1.807, 2.05) is 6.07 Å². The first kappa shape index (κ1) is 17.8. The van der Waals surface area contributed by atoms with Crippen molar-refractivity contribution in [1.82, 2.24) is 4.90 Å². The van der Waals surface area contributed by atoms with Crippen molar-refractivity contribution in [2.75, 3.05) is 18.4 Å². The lowest BCUT2D eigenvalue weighted by Crippen LogP contribution is -2.43. The van der Waals surface area contributed by atoms with Crippen LogP contribution in [0, 0.1) is 25.2 Å². The zero-order chi connectivity index (χ0) is 18.5. The highest BCUT2D eigenvalue weighted by Gasteiger charge is 2.24. The second kappa shape index (κ2) is 7.92. The number of carbonyl (C=O) groups excluding carboxylic acids is 1. The molecule has 3 rings (SSSR count). The van der Waals surface area contributed by atoms with Crippen molar-refractivity contribution in [2.24, 2.45) is 0 Å². The molecule has 2 aromatic rings. The van der Waals surface area contributed by atoms with Gasteiger partial charge in [-0.3, -0.25) is 0 Å². The van der Waals surface area contributed by atoms with Gasteiger partial charge in [0.1, 0.15) is 11.9 Å². The Balaban J connectivity index is 1.55. The second-order valence-corrected chi connectivity index (χ2v) is 6.65. The van der Waals surface area contributed by atoms with E-state index in [1.165, 1.54) is 0 Å². The third-order valence-corrected chi connectivity index (χ3v) is 4.67. The molecule has 1 N–H and O–H groups in total. The fourth-order valence-corrected chi connectivity index (χ4v) is 3.20. The summed E-state index contributed by atoms with van der Waals surface area (Å²) in [6.07, 6.45) is 1.74. The van der Waals surface area contributed by atoms with Crippen LogP contribution in [-0.4, -0.2) is 30.1 Å². The largest absolute Gasteiger partial charge is 0.490 e. The summed E-state index contributed by atoms with van der Waals surface area (Å²) in [5, 5.41) is 11.8. The summed E-state index contributed by atoms with van der Waals surface area (Å²) in [4.78, 5) is 14.2. The molecule has 0 unspecified atom stereocenters. The molecule has 0 saturated carbocycles. The Morgan fingerprint density at radius 3 is 2.46 bits per heavy atom. The van der Waals surface area contributed by atoms with Gasteiger partial charge < -0.3 is 15.0 Å². The van der Waals surface area contributed by atoms with Crippen molar-refractivity contribution in [3.63, 3.8) is 0 Å². The molecule has 1 aliphatic heterocycles. The predicted molar refractivity (Wildman–Crippen MR) is 101 cm³/mol. The summed E-state index contributed by atoms with van der Waals surface area (Å²) < 4.78 is 6.20. The molecule has 1 saturated heterocycles. The lowest BCUT2D eigenvalue weighted by atomic mass is 10.1. The Labute approximate surface area is 154 Å². The maximum atomic E-state index is 12.4. The number of ether oxygens (including phenoxy) is 1. The van der Waals surface area contributed by atoms with E-state index in [2.05, 4.69) is 37.4 Å². The summed E-state index contributed by atoms with van der Waals surface area (Å²) in [5.74, 6) is 0.962. The van der Waals surface area contributed by atoms with Crippen LogP contribution in [0.15, 0.2) is 42.5 Å². The van der Waals surface area contributed by atoms with Crippen LogP contribution in [0.2, 0.25) is 0 Å². The van der Waals surface area contributed by atoms with Gasteiger partial charge in [-0.1, -0.05) is 24.3 Å². The number of aryl methyl sites for hydroxylation is 2. The highest BCUT2D eigenvalue weighted by atomic mass is 16.5. The van der Waals surface area contributed by atoms with Crippen molar-refractivity contribution in [3.05, 3.63) is 59.2 Å². The van der Waals surface area contributed by atoms with Gasteiger partial charge in [0.2, 0.25) is 0 Å². The molecule has 0 atom stereocenters. The Morgan fingerprint density at radius 1 is 1.15 bits per heavy atom. The van der Waals surface area contributed by atoms with Gasteiger partial charge in [-0.2, -0.15) is 5.26 Å². The van der Waals surface area contributed by atoms with Gasteiger partial charge in [0.05, 0.1) is 11.6 Å². The number of piperidine rings is 1. The Hall–Kier alpha value is -3.00. The van der Waals surface area contributed by atoms with Gasteiger partial charge in [0, 0.05) is 31.6 Å². The van der Waals surface area contributed by atoms with Crippen LogP contribution in [0.5, 0.6) is 5.75 Å². The van der Waals surface area contributed by atoms with Crippen LogP contribution in [0.25, 0.3) is 0 Å². The first-order chi connectivity index (χ1) is 12.6. The molecule has 26 heavy (non-hydrogen) atoms. The standard InChI is InChI=1S/C21H23N3O2/c1-15-5-3-6-16(2)20(15)26-19-9-11-24(12-10-19)21(25)23-18-8-4-7-17(13-18)14-22/h3-8,13,19H,9-12H2,1-2H3,(H,23,25). The third-order valence-electron chi connectivity index (χ3n) is 4.67. The van der Waals surface area contributed by atoms with E-state index in [1.54, 1.807) is 29.2 Å². The predicted octanol–water partition coefficient (Wildman–Crippen LogP) is 4.25. The van der Waals surface area contributed by atoms with E-state index in [-0.39, 0.29) is 12.1 Å². The summed E-state index contributed by atoms with van der Waals surface area (Å²) in [6, 6.07) is 15.0. The van der Waals surface area contributed by atoms with Crippen LogP contribution in [0.3, 0.4) is 0 Å². The van der Waals surface area contributed by atoms with Gasteiger partial charge >= 0.3 is 6.03 Å². The topological polar surface area (TPSA) is 65.4 Å². The van der Waals surface area contributed by atoms with E-state index in [4.69, 9.17) is 10.00 Å². The third kappa shape index (κ3) is 4.15. The lowest BCUT2D eigenvalue weighted by Gasteiger charge is -2.32. The molecule has 5 nitrogen and oxygen atoms in total. The van der Waals surface area contributed by atoms with Crippen molar-refractivity contribution in [1.29, 1.82) is 5.26 Å². The fraction of sp³-hybridized carbons (Fsp3) is 0.333. The number of amides is 2. The van der Waals surface area contributed by atoms with Crippen LogP contribution in [0.1, 0.15) is 29.5 Å². The maximum Gasteiger partial charge on any atom is 0.321 e. The summed E-state index contributed by atoms with van der Waals surface area (Å²) >= 11 is 0. The molecule has 2 amide bonds. The monoisotopic (exact) mass is 349 g/mol. The van der Waals surface area contributed by atoms with Crippen molar-refractivity contribution in [2.45, 2.75) is 32.8 Å². The smallest absolute Gasteiger partial charge is 0.321 e. The molecule has 0 aromatic heterocycles. The van der Waals surface area contributed by atoms with Gasteiger partial charge in [0.25, 0.3) is 0 Å². The number of nitrogens with zero attached hydrogens (tertiary/aromatic N) is 2. The zero-order valence-electron chi connectivity index (χ0n) is 15.2. The molecule has 134 valence electrons. The molecule has 1 aliphatic rings. The zero-order valence-corrected chi connectivity index (χ0v) is 15.2. The van der Waals surface area contributed by atoms with Crippen molar-refractivity contribution < 1.29 is 9.53 Å². The average molecular weight is 349 g/mol. The fourth-order valence-electron chi connectivity index (χ4n) is 3.20. The summed E-state index contributed by atoms with van der Waals surface area (Å²) in [7, 11) is 0. The molecule has 0 aliphatic carbocycles. The number of para-hydroxylation sites is 1. The number of anilines is 1. The van der Waals surface area contributed by atoms with Gasteiger partial charge in [-0.15, -0.1) is 0 Å². The highest BCUT2D eigenvalue weighted by molar-refractivity contribution is 5.89. The van der Waals surface area contributed by atoms with E-state index in [0.29, 0.717) is 24.3 Å². The number of benzene rings is 2. The first-order valence-corrected chi connectivity index (χ1v) is 8.86. The van der Waals surface area contributed by atoms with E-state index in [9.17, 15) is 4.79 Å². The van der Waals surface area contributed by atoms with E-state index in [0.717, 1.165) is 29.7 Å². The van der Waals surface area contributed by atoms with Crippen LogP contribution in [0.4, 0.5) is 10.5 Å². The number of urea groups is 1. The number of likely N-dealkylation sites (tertiary alicyclic amines) is 1.